The van der Waals surface area contributed by atoms with Gasteiger partial charge in [-0.2, -0.15) is 0 Å². The summed E-state index contributed by atoms with van der Waals surface area (Å²) in [5, 5.41) is 5.46. The van der Waals surface area contributed by atoms with Crippen LogP contribution in [0.15, 0.2) is 36.4 Å². The Kier molecular flexibility index (Phi) is 6.60. The molecule has 6 nitrogen and oxygen atoms in total. The van der Waals surface area contributed by atoms with Gasteiger partial charge in [-0.3, -0.25) is 9.59 Å². The van der Waals surface area contributed by atoms with E-state index in [4.69, 9.17) is 9.47 Å². The Morgan fingerprint density at radius 1 is 1.00 bits per heavy atom. The molecule has 2 aromatic carbocycles. The van der Waals surface area contributed by atoms with E-state index >= 15 is 0 Å². The number of carbonyl (C=O) groups excluding carboxylic acids is 2. The average Bonchev–Trinajstić information content (AvgIpc) is 2.56. The second-order valence-corrected chi connectivity index (χ2v) is 6.01. The van der Waals surface area contributed by atoms with Crippen LogP contribution in [0.25, 0.3) is 0 Å². The summed E-state index contributed by atoms with van der Waals surface area (Å²) in [5.74, 6) is 0.916. The van der Waals surface area contributed by atoms with Crippen LogP contribution in [0, 0.1) is 13.8 Å². The topological polar surface area (TPSA) is 76.7 Å². The molecule has 0 saturated heterocycles. The number of ether oxygens (including phenoxy) is 2. The third-order valence-electron chi connectivity index (χ3n) is 3.71. The Morgan fingerprint density at radius 3 is 2.38 bits per heavy atom. The van der Waals surface area contributed by atoms with Crippen molar-refractivity contribution in [2.75, 3.05) is 24.4 Å². The van der Waals surface area contributed by atoms with Crippen LogP contribution in [0.4, 0.5) is 11.4 Å². The molecule has 0 aromatic heterocycles. The number of carbonyl (C=O) groups is 2. The van der Waals surface area contributed by atoms with Gasteiger partial charge in [-0.15, -0.1) is 0 Å². The first-order valence-corrected chi connectivity index (χ1v) is 8.34. The van der Waals surface area contributed by atoms with Gasteiger partial charge >= 0.3 is 0 Å². The molecule has 0 aliphatic heterocycles. The molecule has 0 aliphatic carbocycles. The largest absolute Gasteiger partial charge is 0.495 e. The lowest BCUT2D eigenvalue weighted by atomic mass is 10.1. The quantitative estimate of drug-likeness (QED) is 0.793. The van der Waals surface area contributed by atoms with Gasteiger partial charge in [0.05, 0.1) is 25.8 Å². The summed E-state index contributed by atoms with van der Waals surface area (Å²) in [4.78, 5) is 23.4. The Morgan fingerprint density at radius 2 is 1.73 bits per heavy atom. The van der Waals surface area contributed by atoms with Crippen LogP contribution < -0.4 is 20.1 Å². The molecular formula is C20H24N2O4. The molecule has 0 fully saturated rings. The van der Waals surface area contributed by atoms with Gasteiger partial charge in [0.1, 0.15) is 11.5 Å². The smallest absolute Gasteiger partial charge is 0.227 e. The van der Waals surface area contributed by atoms with Crippen LogP contribution in [-0.4, -0.2) is 25.5 Å². The van der Waals surface area contributed by atoms with Crippen molar-refractivity contribution >= 4 is 23.2 Å². The summed E-state index contributed by atoms with van der Waals surface area (Å²) >= 11 is 0. The molecule has 0 unspecified atom stereocenters. The molecule has 0 spiro atoms. The van der Waals surface area contributed by atoms with Crippen molar-refractivity contribution in [2.24, 2.45) is 0 Å². The van der Waals surface area contributed by atoms with E-state index in [9.17, 15) is 9.59 Å². The lowest BCUT2D eigenvalue weighted by Gasteiger charge is -2.12. The fraction of sp³-hybridized carbons (Fsp3) is 0.300. The zero-order chi connectivity index (χ0) is 19.1. The molecule has 2 N–H and O–H groups in total. The maximum atomic E-state index is 12.1. The first-order valence-electron chi connectivity index (χ1n) is 8.34. The number of hydrogen-bond acceptors (Lipinski definition) is 4. The van der Waals surface area contributed by atoms with E-state index in [2.05, 4.69) is 10.6 Å². The number of rotatable bonds is 7. The second-order valence-electron chi connectivity index (χ2n) is 6.01. The maximum Gasteiger partial charge on any atom is 0.227 e. The van der Waals surface area contributed by atoms with Crippen molar-refractivity contribution in [3.05, 3.63) is 47.5 Å². The van der Waals surface area contributed by atoms with Crippen LogP contribution in [-0.2, 0) is 9.59 Å². The number of nitrogens with one attached hydrogen (secondary N) is 2. The molecule has 2 amide bonds. The predicted molar refractivity (Wildman–Crippen MR) is 102 cm³/mol. The van der Waals surface area contributed by atoms with E-state index in [0.717, 1.165) is 11.3 Å². The SMILES string of the molecule is COc1ccc(NC(=O)CCOc2ccc(C)cc2C)cc1NC(C)=O. The van der Waals surface area contributed by atoms with Gasteiger partial charge in [-0.1, -0.05) is 17.7 Å². The molecule has 0 saturated carbocycles. The highest BCUT2D eigenvalue weighted by atomic mass is 16.5. The zero-order valence-electron chi connectivity index (χ0n) is 15.5. The molecule has 2 aromatic rings. The highest BCUT2D eigenvalue weighted by molar-refractivity contribution is 5.94. The van der Waals surface area contributed by atoms with Crippen molar-refractivity contribution in [2.45, 2.75) is 27.2 Å². The summed E-state index contributed by atoms with van der Waals surface area (Å²) in [5.41, 5.74) is 3.29. The third-order valence-corrected chi connectivity index (χ3v) is 3.71. The highest BCUT2D eigenvalue weighted by Crippen LogP contribution is 2.28. The first-order chi connectivity index (χ1) is 12.4. The van der Waals surface area contributed by atoms with Crippen LogP contribution in [0.5, 0.6) is 11.5 Å². The van der Waals surface area contributed by atoms with Crippen molar-refractivity contribution in [3.63, 3.8) is 0 Å². The number of hydrogen-bond donors (Lipinski definition) is 2. The molecule has 0 heterocycles. The van der Waals surface area contributed by atoms with Gasteiger partial charge in [-0.05, 0) is 43.7 Å². The van der Waals surface area contributed by atoms with Gasteiger partial charge in [0.2, 0.25) is 11.8 Å². The molecule has 0 aliphatic rings. The minimum absolute atomic E-state index is 0.172. The lowest BCUT2D eigenvalue weighted by Crippen LogP contribution is -2.16. The molecule has 0 radical (unpaired) electrons. The Hall–Kier alpha value is -3.02. The second kappa shape index (κ2) is 8.89. The standard InChI is InChI=1S/C20H24N2O4/c1-13-5-7-18(14(2)11-13)26-10-9-20(24)22-16-6-8-19(25-4)17(12-16)21-15(3)23/h5-8,11-12H,9-10H2,1-4H3,(H,21,23)(H,22,24). The highest BCUT2D eigenvalue weighted by Gasteiger charge is 2.09. The Balaban J connectivity index is 1.91. The number of aryl methyl sites for hydroxylation is 2. The number of anilines is 2. The van der Waals surface area contributed by atoms with Gasteiger partial charge in [0.25, 0.3) is 0 Å². The molecule has 138 valence electrons. The third kappa shape index (κ3) is 5.51. The zero-order valence-corrected chi connectivity index (χ0v) is 15.5. The summed E-state index contributed by atoms with van der Waals surface area (Å²) in [6.07, 6.45) is 0.217. The lowest BCUT2D eigenvalue weighted by molar-refractivity contribution is -0.116. The summed E-state index contributed by atoms with van der Waals surface area (Å²) in [7, 11) is 1.52. The van der Waals surface area contributed by atoms with E-state index in [0.29, 0.717) is 17.1 Å². The maximum absolute atomic E-state index is 12.1. The van der Waals surface area contributed by atoms with Crippen LogP contribution in [0.3, 0.4) is 0 Å². The van der Waals surface area contributed by atoms with Crippen molar-refractivity contribution in [1.29, 1.82) is 0 Å². The fourth-order valence-electron chi connectivity index (χ4n) is 2.51. The molecule has 6 heteroatoms. The minimum Gasteiger partial charge on any atom is -0.495 e. The molecule has 26 heavy (non-hydrogen) atoms. The molecular weight excluding hydrogens is 332 g/mol. The Labute approximate surface area is 153 Å². The number of methoxy groups -OCH3 is 1. The average molecular weight is 356 g/mol. The number of amides is 2. The summed E-state index contributed by atoms with van der Waals surface area (Å²) in [6.45, 7) is 5.69. The minimum atomic E-state index is -0.214. The van der Waals surface area contributed by atoms with Gasteiger partial charge in [0, 0.05) is 12.6 Å². The van der Waals surface area contributed by atoms with Crippen molar-refractivity contribution in [3.8, 4) is 11.5 Å². The predicted octanol–water partition coefficient (Wildman–Crippen LogP) is 3.68. The van der Waals surface area contributed by atoms with E-state index in [1.54, 1.807) is 18.2 Å². The first kappa shape index (κ1) is 19.3. The summed E-state index contributed by atoms with van der Waals surface area (Å²) in [6, 6.07) is 11.0. The van der Waals surface area contributed by atoms with E-state index in [1.165, 1.54) is 19.6 Å². The molecule has 0 atom stereocenters. The van der Waals surface area contributed by atoms with E-state index in [1.807, 2.05) is 32.0 Å². The van der Waals surface area contributed by atoms with Gasteiger partial charge < -0.3 is 20.1 Å². The molecule has 0 bridgehead atoms. The number of benzene rings is 2. The van der Waals surface area contributed by atoms with E-state index in [-0.39, 0.29) is 24.8 Å². The van der Waals surface area contributed by atoms with Crippen molar-refractivity contribution < 1.29 is 19.1 Å². The van der Waals surface area contributed by atoms with E-state index < -0.39 is 0 Å². The van der Waals surface area contributed by atoms with Crippen LogP contribution >= 0.6 is 0 Å². The Bertz CT molecular complexity index is 802. The monoisotopic (exact) mass is 356 g/mol. The van der Waals surface area contributed by atoms with Crippen LogP contribution in [0.1, 0.15) is 24.5 Å². The van der Waals surface area contributed by atoms with Gasteiger partial charge in [-0.25, -0.2) is 0 Å². The fourth-order valence-corrected chi connectivity index (χ4v) is 2.51. The normalized spacial score (nSPS) is 10.2. The molecule has 2 rings (SSSR count). The van der Waals surface area contributed by atoms with Crippen LogP contribution in [0.2, 0.25) is 0 Å². The van der Waals surface area contributed by atoms with Gasteiger partial charge in [0.15, 0.2) is 0 Å². The summed E-state index contributed by atoms with van der Waals surface area (Å²) < 4.78 is 10.9. The van der Waals surface area contributed by atoms with Crippen molar-refractivity contribution in [1.82, 2.24) is 0 Å².